The van der Waals surface area contributed by atoms with Crippen molar-refractivity contribution in [2.45, 2.75) is 26.3 Å². The zero-order chi connectivity index (χ0) is 10.0. The van der Waals surface area contributed by atoms with Gasteiger partial charge in [-0.2, -0.15) is 0 Å². The zero-order valence-electron chi connectivity index (χ0n) is 8.10. The molecule has 3 nitrogen and oxygen atoms in total. The molecule has 74 valence electrons. The first kappa shape index (κ1) is 10.4. The third-order valence-corrected chi connectivity index (χ3v) is 2.60. The summed E-state index contributed by atoms with van der Waals surface area (Å²) in [7, 11) is 0. The van der Waals surface area contributed by atoms with E-state index in [-0.39, 0.29) is 5.23 Å². The largest absolute Gasteiger partial charge is 0.762 e. The van der Waals surface area contributed by atoms with Crippen molar-refractivity contribution in [3.05, 3.63) is 29.5 Å². The Hall–Kier alpha value is -0.640. The average molecular weight is 182 g/mol. The molecule has 0 heterocycles. The van der Waals surface area contributed by atoms with Gasteiger partial charge in [-0.15, -0.1) is 0 Å². The molecule has 0 amide bonds. The van der Waals surface area contributed by atoms with Crippen molar-refractivity contribution < 1.29 is 5.21 Å². The van der Waals surface area contributed by atoms with E-state index < -0.39 is 6.04 Å². The standard InChI is InChI=1S/C10H16NO2/c1-7(2)9-5-4-8(3)10(6-9)11(12)13/h4-5,7,9-10,12H,3,6H2,1-2H3/q-1/t9-,10+/m1/s1. The lowest BCUT2D eigenvalue weighted by Crippen LogP contribution is -2.33. The van der Waals surface area contributed by atoms with E-state index in [0.717, 1.165) is 0 Å². The topological polar surface area (TPSA) is 46.5 Å². The number of hydrogen-bond donors (Lipinski definition) is 1. The molecule has 0 saturated carbocycles. The van der Waals surface area contributed by atoms with Crippen LogP contribution in [0.5, 0.6) is 0 Å². The molecule has 0 saturated heterocycles. The molecule has 1 N–H and O–H groups in total. The summed E-state index contributed by atoms with van der Waals surface area (Å²) in [6.07, 6.45) is 4.56. The van der Waals surface area contributed by atoms with Crippen LogP contribution in [0.1, 0.15) is 20.3 Å². The first-order chi connectivity index (χ1) is 6.02. The fourth-order valence-corrected chi connectivity index (χ4v) is 1.57. The minimum absolute atomic E-state index is 0.0151. The third-order valence-electron chi connectivity index (χ3n) is 2.60. The van der Waals surface area contributed by atoms with Gasteiger partial charge in [0.15, 0.2) is 0 Å². The summed E-state index contributed by atoms with van der Waals surface area (Å²) in [6, 6.07) is -0.461. The van der Waals surface area contributed by atoms with E-state index in [1.807, 2.05) is 6.08 Å². The van der Waals surface area contributed by atoms with E-state index in [2.05, 4.69) is 26.5 Å². The van der Waals surface area contributed by atoms with Crippen LogP contribution in [-0.2, 0) is 0 Å². The first-order valence-electron chi connectivity index (χ1n) is 4.54. The molecule has 0 spiro atoms. The summed E-state index contributed by atoms with van der Waals surface area (Å²) >= 11 is 0. The molecule has 1 aliphatic rings. The molecule has 1 rings (SSSR count). The smallest absolute Gasteiger partial charge is 0.0466 e. The van der Waals surface area contributed by atoms with Crippen molar-refractivity contribution in [1.29, 1.82) is 0 Å². The van der Waals surface area contributed by atoms with Gasteiger partial charge in [-0.1, -0.05) is 32.6 Å². The van der Waals surface area contributed by atoms with Gasteiger partial charge in [-0.05, 0) is 23.8 Å². The summed E-state index contributed by atoms with van der Waals surface area (Å²) in [5.74, 6) is 0.853. The summed E-state index contributed by atoms with van der Waals surface area (Å²) in [5.41, 5.74) is 0.689. The zero-order valence-corrected chi connectivity index (χ0v) is 8.10. The molecule has 13 heavy (non-hydrogen) atoms. The maximum atomic E-state index is 10.8. The number of hydroxylamine groups is 2. The Bertz CT molecular complexity index is 221. The van der Waals surface area contributed by atoms with Gasteiger partial charge < -0.3 is 10.4 Å². The normalized spacial score (nSPS) is 28.9. The number of allylic oxidation sites excluding steroid dienone is 1. The van der Waals surface area contributed by atoms with Crippen LogP contribution in [0.3, 0.4) is 0 Å². The molecule has 1 aliphatic carbocycles. The van der Waals surface area contributed by atoms with Crippen LogP contribution in [0, 0.1) is 17.0 Å². The Morgan fingerprint density at radius 1 is 1.69 bits per heavy atom. The lowest BCUT2D eigenvalue weighted by atomic mass is 9.82. The molecule has 0 unspecified atom stereocenters. The Balaban J connectivity index is 2.71. The Kier molecular flexibility index (Phi) is 3.25. The molecule has 0 aromatic heterocycles. The fourth-order valence-electron chi connectivity index (χ4n) is 1.57. The van der Waals surface area contributed by atoms with Gasteiger partial charge in [0, 0.05) is 6.04 Å². The highest BCUT2D eigenvalue weighted by Crippen LogP contribution is 2.28. The van der Waals surface area contributed by atoms with Crippen molar-refractivity contribution >= 4 is 0 Å². The molecule has 0 bridgehead atoms. The monoisotopic (exact) mass is 182 g/mol. The second-order valence-electron chi connectivity index (χ2n) is 3.90. The third kappa shape index (κ3) is 2.40. The minimum Gasteiger partial charge on any atom is -0.762 e. The Labute approximate surface area is 78.9 Å². The molecule has 0 aromatic carbocycles. The van der Waals surface area contributed by atoms with Crippen LogP contribution in [0.15, 0.2) is 24.3 Å². The molecule has 0 aromatic rings. The van der Waals surface area contributed by atoms with E-state index in [1.165, 1.54) is 0 Å². The maximum Gasteiger partial charge on any atom is 0.0466 e. The van der Waals surface area contributed by atoms with Gasteiger partial charge in [-0.3, -0.25) is 5.23 Å². The molecule has 0 fully saturated rings. The van der Waals surface area contributed by atoms with Crippen LogP contribution in [0.25, 0.3) is 0 Å². The number of hydrogen-bond acceptors (Lipinski definition) is 3. The summed E-state index contributed by atoms with van der Waals surface area (Å²) in [6.45, 7) is 7.93. The SMILES string of the molecule is C=C1C=C[C@@H](C(C)C)C[C@@H]1N([O-])O. The molecule has 0 aliphatic heterocycles. The first-order valence-corrected chi connectivity index (χ1v) is 4.54. The highest BCUT2D eigenvalue weighted by Gasteiger charge is 2.23. The second kappa shape index (κ2) is 4.05. The lowest BCUT2D eigenvalue weighted by molar-refractivity contribution is -0.0730. The molecule has 2 atom stereocenters. The van der Waals surface area contributed by atoms with Crippen molar-refractivity contribution in [1.82, 2.24) is 5.23 Å². The summed E-state index contributed by atoms with van der Waals surface area (Å²) in [4.78, 5) is 0. The van der Waals surface area contributed by atoms with Crippen molar-refractivity contribution in [3.8, 4) is 0 Å². The van der Waals surface area contributed by atoms with Crippen molar-refractivity contribution in [3.63, 3.8) is 0 Å². The van der Waals surface area contributed by atoms with Crippen LogP contribution in [-0.4, -0.2) is 16.5 Å². The fraction of sp³-hybridized carbons (Fsp3) is 0.600. The predicted octanol–water partition coefficient (Wildman–Crippen LogP) is 2.33. The van der Waals surface area contributed by atoms with Gasteiger partial charge in [0.05, 0.1) is 0 Å². The van der Waals surface area contributed by atoms with Gasteiger partial charge in [0.2, 0.25) is 0 Å². The predicted molar refractivity (Wildman–Crippen MR) is 52.0 cm³/mol. The van der Waals surface area contributed by atoms with Crippen molar-refractivity contribution in [2.75, 3.05) is 0 Å². The van der Waals surface area contributed by atoms with Gasteiger partial charge in [0.25, 0.3) is 0 Å². The summed E-state index contributed by atoms with van der Waals surface area (Å²) < 4.78 is 0. The molecular weight excluding hydrogens is 166 g/mol. The summed E-state index contributed by atoms with van der Waals surface area (Å²) in [5, 5.41) is 19.6. The molecule has 3 heteroatoms. The van der Waals surface area contributed by atoms with Crippen LogP contribution < -0.4 is 0 Å². The average Bonchev–Trinajstić information content (AvgIpc) is 2.04. The maximum absolute atomic E-state index is 10.8. The van der Waals surface area contributed by atoms with Gasteiger partial charge in [0.1, 0.15) is 0 Å². The minimum atomic E-state index is -0.461. The quantitative estimate of drug-likeness (QED) is 0.667. The van der Waals surface area contributed by atoms with Crippen LogP contribution in [0.4, 0.5) is 0 Å². The Morgan fingerprint density at radius 3 is 2.77 bits per heavy atom. The van der Waals surface area contributed by atoms with Crippen LogP contribution in [0.2, 0.25) is 0 Å². The van der Waals surface area contributed by atoms with E-state index >= 15 is 0 Å². The highest BCUT2D eigenvalue weighted by atomic mass is 16.8. The van der Waals surface area contributed by atoms with Crippen LogP contribution >= 0.6 is 0 Å². The van der Waals surface area contributed by atoms with E-state index in [1.54, 1.807) is 0 Å². The lowest BCUT2D eigenvalue weighted by Gasteiger charge is -2.36. The van der Waals surface area contributed by atoms with E-state index in [9.17, 15) is 5.21 Å². The van der Waals surface area contributed by atoms with Crippen molar-refractivity contribution in [2.24, 2.45) is 11.8 Å². The van der Waals surface area contributed by atoms with E-state index in [0.29, 0.717) is 23.8 Å². The molecule has 0 radical (unpaired) electrons. The van der Waals surface area contributed by atoms with Gasteiger partial charge >= 0.3 is 0 Å². The number of rotatable bonds is 2. The second-order valence-corrected chi connectivity index (χ2v) is 3.90. The Morgan fingerprint density at radius 2 is 2.31 bits per heavy atom. The van der Waals surface area contributed by atoms with E-state index in [4.69, 9.17) is 5.21 Å². The number of nitrogens with zero attached hydrogens (tertiary/aromatic N) is 1. The highest BCUT2D eigenvalue weighted by molar-refractivity contribution is 5.25. The van der Waals surface area contributed by atoms with Gasteiger partial charge in [-0.25, -0.2) is 0 Å². The molecular formula is C10H16NO2-.